The lowest BCUT2D eigenvalue weighted by molar-refractivity contribution is -0.136. The molecule has 1 aromatic heterocycles. The van der Waals surface area contributed by atoms with Crippen LogP contribution in [-0.4, -0.2) is 35.2 Å². The number of hydrogen-bond donors (Lipinski definition) is 3. The van der Waals surface area contributed by atoms with Crippen LogP contribution in [0.3, 0.4) is 0 Å². The van der Waals surface area contributed by atoms with Gasteiger partial charge in [-0.25, -0.2) is 4.79 Å². The van der Waals surface area contributed by atoms with E-state index in [1.807, 2.05) is 12.1 Å². The van der Waals surface area contributed by atoms with Gasteiger partial charge in [0.2, 0.25) is 0 Å². The molecule has 1 heterocycles. The molecule has 3 N–H and O–H groups in total. The second-order valence-electron chi connectivity index (χ2n) is 3.43. The highest BCUT2D eigenvalue weighted by molar-refractivity contribution is 5.74. The van der Waals surface area contributed by atoms with Crippen LogP contribution in [0.4, 0.5) is 4.79 Å². The van der Waals surface area contributed by atoms with Crippen molar-refractivity contribution in [2.24, 2.45) is 0 Å². The van der Waals surface area contributed by atoms with Gasteiger partial charge in [0, 0.05) is 25.5 Å². The number of urea groups is 1. The number of carboxylic acid groups (broad SMARTS) is 1. The van der Waals surface area contributed by atoms with Gasteiger partial charge in [-0.05, 0) is 24.1 Å². The first-order valence-electron chi connectivity index (χ1n) is 5.31. The number of nitrogens with one attached hydrogen (secondary N) is 2. The lowest BCUT2D eigenvalue weighted by atomic mass is 10.2. The van der Waals surface area contributed by atoms with Crippen LogP contribution in [0.15, 0.2) is 24.5 Å². The number of nitrogens with zero attached hydrogens (tertiary/aromatic N) is 1. The molecule has 0 saturated carbocycles. The first-order valence-corrected chi connectivity index (χ1v) is 5.31. The van der Waals surface area contributed by atoms with Crippen molar-refractivity contribution in [1.82, 2.24) is 15.6 Å². The van der Waals surface area contributed by atoms with Crippen LogP contribution in [0.2, 0.25) is 0 Å². The Morgan fingerprint density at radius 1 is 1.18 bits per heavy atom. The summed E-state index contributed by atoms with van der Waals surface area (Å²) < 4.78 is 0. The van der Waals surface area contributed by atoms with Crippen molar-refractivity contribution >= 4 is 12.0 Å². The molecular formula is C11H15N3O3. The number of aromatic nitrogens is 1. The van der Waals surface area contributed by atoms with Gasteiger partial charge in [-0.1, -0.05) is 0 Å². The molecule has 2 amide bonds. The fourth-order valence-corrected chi connectivity index (χ4v) is 1.22. The van der Waals surface area contributed by atoms with E-state index in [2.05, 4.69) is 15.6 Å². The summed E-state index contributed by atoms with van der Waals surface area (Å²) >= 11 is 0. The zero-order valence-corrected chi connectivity index (χ0v) is 9.35. The molecule has 6 nitrogen and oxygen atoms in total. The molecule has 92 valence electrons. The predicted molar refractivity (Wildman–Crippen MR) is 61.6 cm³/mol. The van der Waals surface area contributed by atoms with Gasteiger partial charge in [-0.2, -0.15) is 0 Å². The number of carboxylic acids is 1. The molecule has 0 radical (unpaired) electrons. The van der Waals surface area contributed by atoms with E-state index in [1.165, 1.54) is 0 Å². The summed E-state index contributed by atoms with van der Waals surface area (Å²) in [4.78, 5) is 25.3. The molecule has 0 aromatic carbocycles. The van der Waals surface area contributed by atoms with Crippen molar-refractivity contribution in [3.8, 4) is 0 Å². The maximum atomic E-state index is 11.2. The zero-order chi connectivity index (χ0) is 12.5. The topological polar surface area (TPSA) is 91.3 Å². The Kier molecular flexibility index (Phi) is 5.50. The van der Waals surface area contributed by atoms with E-state index in [0.717, 1.165) is 12.0 Å². The van der Waals surface area contributed by atoms with E-state index in [-0.39, 0.29) is 19.0 Å². The highest BCUT2D eigenvalue weighted by Gasteiger charge is 2.01. The molecular weight excluding hydrogens is 222 g/mol. The van der Waals surface area contributed by atoms with Crippen LogP contribution in [0.25, 0.3) is 0 Å². The molecule has 0 bridgehead atoms. The second-order valence-corrected chi connectivity index (χ2v) is 3.43. The van der Waals surface area contributed by atoms with Crippen molar-refractivity contribution in [3.05, 3.63) is 30.1 Å². The summed E-state index contributed by atoms with van der Waals surface area (Å²) in [6, 6.07) is 3.41. The Morgan fingerprint density at radius 2 is 1.82 bits per heavy atom. The van der Waals surface area contributed by atoms with Crippen molar-refractivity contribution in [1.29, 1.82) is 0 Å². The molecule has 1 aromatic rings. The lowest BCUT2D eigenvalue weighted by Gasteiger charge is -2.06. The SMILES string of the molecule is O=C(O)CCNC(=O)NCCc1ccncc1. The van der Waals surface area contributed by atoms with E-state index in [1.54, 1.807) is 12.4 Å². The average molecular weight is 237 g/mol. The van der Waals surface area contributed by atoms with Crippen LogP contribution in [-0.2, 0) is 11.2 Å². The molecule has 1 rings (SSSR count). The molecule has 0 aliphatic carbocycles. The third kappa shape index (κ3) is 6.14. The van der Waals surface area contributed by atoms with Crippen molar-refractivity contribution in [2.45, 2.75) is 12.8 Å². The highest BCUT2D eigenvalue weighted by atomic mass is 16.4. The number of rotatable bonds is 6. The third-order valence-corrected chi connectivity index (χ3v) is 2.07. The van der Waals surface area contributed by atoms with Crippen LogP contribution in [0.1, 0.15) is 12.0 Å². The zero-order valence-electron chi connectivity index (χ0n) is 9.35. The van der Waals surface area contributed by atoms with E-state index in [0.29, 0.717) is 6.54 Å². The highest BCUT2D eigenvalue weighted by Crippen LogP contribution is 1.95. The van der Waals surface area contributed by atoms with Gasteiger partial charge < -0.3 is 15.7 Å². The normalized spacial score (nSPS) is 9.65. The average Bonchev–Trinajstić information content (AvgIpc) is 2.30. The van der Waals surface area contributed by atoms with Crippen molar-refractivity contribution in [2.75, 3.05) is 13.1 Å². The van der Waals surface area contributed by atoms with E-state index >= 15 is 0 Å². The molecule has 0 atom stereocenters. The Morgan fingerprint density at radius 3 is 2.47 bits per heavy atom. The Labute approximate surface area is 99.1 Å². The summed E-state index contributed by atoms with van der Waals surface area (Å²) in [5.74, 6) is -0.929. The van der Waals surface area contributed by atoms with Gasteiger partial charge in [-0.15, -0.1) is 0 Å². The van der Waals surface area contributed by atoms with Crippen LogP contribution in [0.5, 0.6) is 0 Å². The van der Waals surface area contributed by atoms with Crippen molar-refractivity contribution in [3.63, 3.8) is 0 Å². The van der Waals surface area contributed by atoms with E-state index < -0.39 is 5.97 Å². The number of carbonyl (C=O) groups is 2. The quantitative estimate of drug-likeness (QED) is 0.667. The predicted octanol–water partition coefficient (Wildman–Crippen LogP) is 0.398. The van der Waals surface area contributed by atoms with Gasteiger partial charge in [0.25, 0.3) is 0 Å². The van der Waals surface area contributed by atoms with Gasteiger partial charge in [0.1, 0.15) is 0 Å². The second kappa shape index (κ2) is 7.21. The molecule has 0 aliphatic rings. The molecule has 0 aliphatic heterocycles. The Bertz CT molecular complexity index is 367. The third-order valence-electron chi connectivity index (χ3n) is 2.07. The number of pyridine rings is 1. The summed E-state index contributed by atoms with van der Waals surface area (Å²) in [6.07, 6.45) is 4.04. The Balaban J connectivity index is 2.10. The maximum Gasteiger partial charge on any atom is 0.314 e. The lowest BCUT2D eigenvalue weighted by Crippen LogP contribution is -2.37. The molecule has 17 heavy (non-hydrogen) atoms. The minimum atomic E-state index is -0.929. The van der Waals surface area contributed by atoms with E-state index in [9.17, 15) is 9.59 Å². The smallest absolute Gasteiger partial charge is 0.314 e. The number of carbonyl (C=O) groups excluding carboxylic acids is 1. The monoisotopic (exact) mass is 237 g/mol. The van der Waals surface area contributed by atoms with Gasteiger partial charge in [-0.3, -0.25) is 9.78 Å². The van der Waals surface area contributed by atoms with Gasteiger partial charge in [0.15, 0.2) is 0 Å². The van der Waals surface area contributed by atoms with E-state index in [4.69, 9.17) is 5.11 Å². The van der Waals surface area contributed by atoms with Crippen LogP contribution < -0.4 is 10.6 Å². The minimum absolute atomic E-state index is 0.0717. The molecule has 0 saturated heterocycles. The number of hydrogen-bond acceptors (Lipinski definition) is 3. The molecule has 0 unspecified atom stereocenters. The fourth-order valence-electron chi connectivity index (χ4n) is 1.22. The van der Waals surface area contributed by atoms with Crippen LogP contribution >= 0.6 is 0 Å². The Hall–Kier alpha value is -2.11. The van der Waals surface area contributed by atoms with Gasteiger partial charge >= 0.3 is 12.0 Å². The summed E-state index contributed by atoms with van der Waals surface area (Å²) in [6.45, 7) is 0.638. The maximum absolute atomic E-state index is 11.2. The molecule has 6 heteroatoms. The minimum Gasteiger partial charge on any atom is -0.481 e. The first kappa shape index (κ1) is 13.0. The summed E-state index contributed by atoms with van der Waals surface area (Å²) in [7, 11) is 0. The molecule has 0 fully saturated rings. The number of aliphatic carboxylic acids is 1. The first-order chi connectivity index (χ1) is 8.18. The number of amides is 2. The standard InChI is InChI=1S/C11H15N3O3/c15-10(16)4-8-14-11(17)13-7-3-9-1-5-12-6-2-9/h1-2,5-6H,3-4,7-8H2,(H,15,16)(H2,13,14,17). The van der Waals surface area contributed by atoms with Gasteiger partial charge in [0.05, 0.1) is 6.42 Å². The van der Waals surface area contributed by atoms with Crippen LogP contribution in [0, 0.1) is 0 Å². The van der Waals surface area contributed by atoms with Crippen molar-refractivity contribution < 1.29 is 14.7 Å². The molecule has 0 spiro atoms. The summed E-state index contributed by atoms with van der Waals surface area (Å²) in [5.41, 5.74) is 1.09. The summed E-state index contributed by atoms with van der Waals surface area (Å²) in [5, 5.41) is 13.5. The fraction of sp³-hybridized carbons (Fsp3) is 0.364. The largest absolute Gasteiger partial charge is 0.481 e.